The summed E-state index contributed by atoms with van der Waals surface area (Å²) in [4.78, 5) is 12.0. The Morgan fingerprint density at radius 1 is 1.41 bits per heavy atom. The lowest BCUT2D eigenvalue weighted by Crippen LogP contribution is -2.37. The summed E-state index contributed by atoms with van der Waals surface area (Å²) in [6.07, 6.45) is 2.46. The lowest BCUT2D eigenvalue weighted by Gasteiger charge is -2.38. The normalized spacial score (nSPS) is 19.2. The van der Waals surface area contributed by atoms with Gasteiger partial charge in [-0.25, -0.2) is 4.68 Å². The van der Waals surface area contributed by atoms with Crippen LogP contribution in [-0.4, -0.2) is 15.4 Å². The van der Waals surface area contributed by atoms with Crippen molar-refractivity contribution in [2.24, 2.45) is 7.05 Å². The number of rotatable bonds is 2. The zero-order valence-corrected chi connectivity index (χ0v) is 14.3. The van der Waals surface area contributed by atoms with E-state index in [-0.39, 0.29) is 17.2 Å². The van der Waals surface area contributed by atoms with Crippen molar-refractivity contribution in [3.8, 4) is 5.75 Å². The van der Waals surface area contributed by atoms with Gasteiger partial charge >= 0.3 is 0 Å². The third-order valence-electron chi connectivity index (χ3n) is 3.78. The predicted molar refractivity (Wildman–Crippen MR) is 89.3 cm³/mol. The fraction of sp³-hybridized carbons (Fsp3) is 0.375. The van der Waals surface area contributed by atoms with Crippen LogP contribution in [0.2, 0.25) is 0 Å². The number of nitrogens with zero attached hydrogens (tertiary/aromatic N) is 2. The number of aryl methyl sites for hydroxylation is 1. The molecule has 22 heavy (non-hydrogen) atoms. The summed E-state index contributed by atoms with van der Waals surface area (Å²) in [6.45, 7) is 4.13. The van der Waals surface area contributed by atoms with Crippen molar-refractivity contribution in [3.05, 3.63) is 50.9 Å². The van der Waals surface area contributed by atoms with Crippen LogP contribution in [0.3, 0.4) is 0 Å². The van der Waals surface area contributed by atoms with E-state index in [4.69, 9.17) is 4.74 Å². The average molecular weight is 364 g/mol. The molecule has 116 valence electrons. The van der Waals surface area contributed by atoms with Crippen LogP contribution in [0.1, 0.15) is 31.9 Å². The molecule has 0 saturated carbocycles. The van der Waals surface area contributed by atoms with Gasteiger partial charge in [-0.05, 0) is 35.8 Å². The van der Waals surface area contributed by atoms with Crippen molar-refractivity contribution < 1.29 is 4.74 Å². The maximum Gasteiger partial charge on any atom is 0.282 e. The zero-order valence-electron chi connectivity index (χ0n) is 12.8. The Morgan fingerprint density at radius 2 is 2.14 bits per heavy atom. The van der Waals surface area contributed by atoms with Gasteiger partial charge in [0.25, 0.3) is 5.56 Å². The fourth-order valence-electron chi connectivity index (χ4n) is 2.73. The van der Waals surface area contributed by atoms with Gasteiger partial charge in [-0.3, -0.25) is 4.79 Å². The van der Waals surface area contributed by atoms with Crippen molar-refractivity contribution in [2.45, 2.75) is 31.9 Å². The third-order valence-corrected chi connectivity index (χ3v) is 4.55. The number of halogens is 1. The number of benzene rings is 1. The van der Waals surface area contributed by atoms with Crippen LogP contribution in [0.25, 0.3) is 0 Å². The highest BCUT2D eigenvalue weighted by Crippen LogP contribution is 2.41. The first-order valence-corrected chi connectivity index (χ1v) is 7.93. The van der Waals surface area contributed by atoms with Crippen LogP contribution in [0.5, 0.6) is 5.75 Å². The summed E-state index contributed by atoms with van der Waals surface area (Å²) in [7, 11) is 1.63. The van der Waals surface area contributed by atoms with E-state index < -0.39 is 0 Å². The van der Waals surface area contributed by atoms with E-state index in [1.54, 1.807) is 13.2 Å². The number of hydrogen-bond donors (Lipinski definition) is 1. The Bertz CT molecular complexity index is 770. The third kappa shape index (κ3) is 2.75. The number of anilines is 1. The minimum atomic E-state index is -0.272. The lowest BCUT2D eigenvalue weighted by atomic mass is 9.89. The summed E-state index contributed by atoms with van der Waals surface area (Å²) in [6, 6.07) is 8.04. The molecule has 0 radical (unpaired) electrons. The molecule has 0 aliphatic carbocycles. The number of aromatic nitrogens is 2. The highest BCUT2D eigenvalue weighted by Gasteiger charge is 2.33. The Balaban J connectivity index is 1.99. The second-order valence-corrected chi connectivity index (χ2v) is 6.89. The molecule has 0 amide bonds. The quantitative estimate of drug-likeness (QED) is 0.889. The molecule has 6 heteroatoms. The number of ether oxygens (including phenoxy) is 1. The van der Waals surface area contributed by atoms with Gasteiger partial charge in [0.1, 0.15) is 15.8 Å². The Hall–Kier alpha value is -1.82. The van der Waals surface area contributed by atoms with Gasteiger partial charge in [0.15, 0.2) is 0 Å². The second-order valence-electron chi connectivity index (χ2n) is 6.10. The van der Waals surface area contributed by atoms with Crippen LogP contribution in [-0.2, 0) is 7.05 Å². The topological polar surface area (TPSA) is 56.1 Å². The lowest BCUT2D eigenvalue weighted by molar-refractivity contribution is 0.0759. The molecule has 1 N–H and O–H groups in total. The first-order chi connectivity index (χ1) is 10.4. The standard InChI is InChI=1S/C16H18BrN3O2/c1-16(2)8-11(10-6-4-5-7-13(10)22-16)19-12-9-18-20(3)15(21)14(12)17/h4-7,9,11,19H,8H2,1-3H3. The Morgan fingerprint density at radius 3 is 2.91 bits per heavy atom. The molecule has 3 rings (SSSR count). The second kappa shape index (κ2) is 5.43. The summed E-state index contributed by atoms with van der Waals surface area (Å²) < 4.78 is 7.82. The summed E-state index contributed by atoms with van der Waals surface area (Å²) in [5.41, 5.74) is 1.35. The van der Waals surface area contributed by atoms with Gasteiger partial charge in [-0.1, -0.05) is 18.2 Å². The first kappa shape index (κ1) is 15.1. The molecule has 0 bridgehead atoms. The SMILES string of the molecule is Cn1ncc(NC2CC(C)(C)Oc3ccccc32)c(Br)c1=O. The molecule has 1 aromatic carbocycles. The molecule has 2 heterocycles. The molecule has 1 aliphatic rings. The number of nitrogens with one attached hydrogen (secondary N) is 1. The molecule has 0 spiro atoms. The first-order valence-electron chi connectivity index (χ1n) is 7.14. The summed E-state index contributed by atoms with van der Waals surface area (Å²) >= 11 is 3.36. The van der Waals surface area contributed by atoms with Crippen molar-refractivity contribution in [3.63, 3.8) is 0 Å². The average Bonchev–Trinajstić information content (AvgIpc) is 2.47. The number of para-hydroxylation sites is 1. The van der Waals surface area contributed by atoms with E-state index in [0.717, 1.165) is 17.7 Å². The largest absolute Gasteiger partial charge is 0.487 e. The molecule has 5 nitrogen and oxygen atoms in total. The van der Waals surface area contributed by atoms with Gasteiger partial charge in [-0.2, -0.15) is 5.10 Å². The Labute approximate surface area is 137 Å². The predicted octanol–water partition coefficient (Wildman–Crippen LogP) is 3.26. The molecule has 0 saturated heterocycles. The van der Waals surface area contributed by atoms with Crippen molar-refractivity contribution >= 4 is 21.6 Å². The van der Waals surface area contributed by atoms with Crippen LogP contribution in [0, 0.1) is 0 Å². The van der Waals surface area contributed by atoms with E-state index in [9.17, 15) is 4.79 Å². The highest BCUT2D eigenvalue weighted by molar-refractivity contribution is 9.10. The van der Waals surface area contributed by atoms with Crippen LogP contribution in [0.4, 0.5) is 5.69 Å². The molecule has 1 aliphatic heterocycles. The van der Waals surface area contributed by atoms with Crippen molar-refractivity contribution in [1.82, 2.24) is 9.78 Å². The fourth-order valence-corrected chi connectivity index (χ4v) is 3.20. The van der Waals surface area contributed by atoms with Crippen LogP contribution >= 0.6 is 15.9 Å². The van der Waals surface area contributed by atoms with E-state index in [1.807, 2.05) is 24.3 Å². The Kier molecular flexibility index (Phi) is 3.72. The van der Waals surface area contributed by atoms with Crippen molar-refractivity contribution in [1.29, 1.82) is 0 Å². The van der Waals surface area contributed by atoms with E-state index in [1.165, 1.54) is 4.68 Å². The van der Waals surface area contributed by atoms with E-state index in [0.29, 0.717) is 10.2 Å². The molecule has 0 fully saturated rings. The minimum Gasteiger partial charge on any atom is -0.487 e. The van der Waals surface area contributed by atoms with E-state index >= 15 is 0 Å². The van der Waals surface area contributed by atoms with Gasteiger partial charge < -0.3 is 10.1 Å². The van der Waals surface area contributed by atoms with E-state index in [2.05, 4.69) is 40.2 Å². The number of fused-ring (bicyclic) bond motifs is 1. The smallest absolute Gasteiger partial charge is 0.282 e. The molecule has 2 aromatic rings. The number of hydrogen-bond acceptors (Lipinski definition) is 4. The highest BCUT2D eigenvalue weighted by atomic mass is 79.9. The van der Waals surface area contributed by atoms with Crippen LogP contribution in [0.15, 0.2) is 39.7 Å². The summed E-state index contributed by atoms with van der Waals surface area (Å²) in [5, 5.41) is 7.50. The zero-order chi connectivity index (χ0) is 15.9. The van der Waals surface area contributed by atoms with Gasteiger partial charge in [0.2, 0.25) is 0 Å². The van der Waals surface area contributed by atoms with Crippen LogP contribution < -0.4 is 15.6 Å². The maximum absolute atomic E-state index is 12.0. The van der Waals surface area contributed by atoms with Gasteiger partial charge in [0.05, 0.1) is 17.9 Å². The monoisotopic (exact) mass is 363 g/mol. The van der Waals surface area contributed by atoms with Crippen molar-refractivity contribution in [2.75, 3.05) is 5.32 Å². The van der Waals surface area contributed by atoms with Gasteiger partial charge in [0, 0.05) is 19.0 Å². The molecular formula is C16H18BrN3O2. The molecule has 1 atom stereocenters. The minimum absolute atomic E-state index is 0.0603. The molecule has 1 unspecified atom stereocenters. The molecule has 1 aromatic heterocycles. The maximum atomic E-state index is 12.0. The molecular weight excluding hydrogens is 346 g/mol. The summed E-state index contributed by atoms with van der Waals surface area (Å²) in [5.74, 6) is 0.879. The van der Waals surface area contributed by atoms with Gasteiger partial charge in [-0.15, -0.1) is 0 Å².